The summed E-state index contributed by atoms with van der Waals surface area (Å²) in [5.74, 6) is 0.500. The number of hydrogen-bond donors (Lipinski definition) is 3. The minimum absolute atomic E-state index is 0. The van der Waals surface area contributed by atoms with E-state index in [4.69, 9.17) is 11.6 Å². The summed E-state index contributed by atoms with van der Waals surface area (Å²) >= 11 is 5.86. The Morgan fingerprint density at radius 1 is 0.963 bits per heavy atom. The van der Waals surface area contributed by atoms with Gasteiger partial charge in [0.1, 0.15) is 0 Å². The Morgan fingerprint density at radius 3 is 2.22 bits per heavy atom. The molecule has 27 heavy (non-hydrogen) atoms. The van der Waals surface area contributed by atoms with Gasteiger partial charge in [-0.25, -0.2) is 13.1 Å². The number of hydrogen-bond acceptors (Lipinski definition) is 3. The molecule has 2 aromatic carbocycles. The highest BCUT2D eigenvalue weighted by Gasteiger charge is 2.10. The van der Waals surface area contributed by atoms with Gasteiger partial charge in [-0.1, -0.05) is 54.1 Å². The second kappa shape index (κ2) is 12.2. The van der Waals surface area contributed by atoms with E-state index in [1.165, 1.54) is 0 Å². The van der Waals surface area contributed by atoms with Gasteiger partial charge >= 0.3 is 0 Å². The van der Waals surface area contributed by atoms with Crippen molar-refractivity contribution in [3.8, 4) is 0 Å². The predicted molar refractivity (Wildman–Crippen MR) is 122 cm³/mol. The van der Waals surface area contributed by atoms with Gasteiger partial charge in [-0.2, -0.15) is 0 Å². The molecule has 0 unspecified atom stereocenters. The van der Waals surface area contributed by atoms with Crippen molar-refractivity contribution in [3.63, 3.8) is 0 Å². The van der Waals surface area contributed by atoms with E-state index in [0.717, 1.165) is 11.1 Å². The van der Waals surface area contributed by atoms with Gasteiger partial charge in [-0.05, 0) is 23.3 Å². The summed E-state index contributed by atoms with van der Waals surface area (Å²) in [4.78, 5) is 4.09. The summed E-state index contributed by atoms with van der Waals surface area (Å²) in [7, 11) is -1.73. The zero-order chi connectivity index (χ0) is 18.8. The van der Waals surface area contributed by atoms with Gasteiger partial charge in [-0.15, -0.1) is 24.0 Å². The zero-order valence-corrected chi connectivity index (χ0v) is 18.9. The molecule has 3 N–H and O–H groups in total. The summed E-state index contributed by atoms with van der Waals surface area (Å²) in [5, 5.41) is 6.81. The smallest absolute Gasteiger partial charge is 0.213 e. The van der Waals surface area contributed by atoms with Crippen molar-refractivity contribution in [2.45, 2.75) is 13.1 Å². The topological polar surface area (TPSA) is 82.6 Å². The highest BCUT2D eigenvalue weighted by molar-refractivity contribution is 14.0. The molecule has 0 saturated carbocycles. The fourth-order valence-corrected chi connectivity index (χ4v) is 3.20. The van der Waals surface area contributed by atoms with E-state index in [0.29, 0.717) is 17.5 Å². The van der Waals surface area contributed by atoms with Crippen LogP contribution in [0.3, 0.4) is 0 Å². The van der Waals surface area contributed by atoms with Crippen molar-refractivity contribution in [2.24, 2.45) is 4.99 Å². The second-order valence-electron chi connectivity index (χ2n) is 5.60. The molecule has 0 atom stereocenters. The van der Waals surface area contributed by atoms with Crippen LogP contribution in [0.4, 0.5) is 0 Å². The molecule has 0 saturated heterocycles. The van der Waals surface area contributed by atoms with Crippen LogP contribution < -0.4 is 15.4 Å². The van der Waals surface area contributed by atoms with Gasteiger partial charge in [-0.3, -0.25) is 4.99 Å². The highest BCUT2D eigenvalue weighted by Crippen LogP contribution is 2.09. The minimum atomic E-state index is -3.37. The van der Waals surface area contributed by atoms with Crippen LogP contribution in [0, 0.1) is 0 Å². The van der Waals surface area contributed by atoms with Crippen LogP contribution in [-0.2, 0) is 23.1 Å². The van der Waals surface area contributed by atoms with Gasteiger partial charge in [0.15, 0.2) is 5.96 Å². The van der Waals surface area contributed by atoms with Crippen molar-refractivity contribution in [3.05, 3.63) is 70.7 Å². The molecule has 0 aliphatic rings. The van der Waals surface area contributed by atoms with E-state index in [1.54, 1.807) is 7.05 Å². The fourth-order valence-electron chi connectivity index (χ4n) is 2.17. The van der Waals surface area contributed by atoms with Gasteiger partial charge in [0.25, 0.3) is 0 Å². The summed E-state index contributed by atoms with van der Waals surface area (Å²) < 4.78 is 26.7. The number of benzene rings is 2. The number of nitrogens with one attached hydrogen (secondary N) is 3. The average Bonchev–Trinajstić information content (AvgIpc) is 2.65. The molecule has 0 spiro atoms. The minimum Gasteiger partial charge on any atom is -0.355 e. The molecule has 0 aliphatic heterocycles. The summed E-state index contributed by atoms with van der Waals surface area (Å²) in [6.07, 6.45) is 0. The maximum Gasteiger partial charge on any atom is 0.213 e. The van der Waals surface area contributed by atoms with Crippen LogP contribution >= 0.6 is 35.6 Å². The van der Waals surface area contributed by atoms with Crippen molar-refractivity contribution in [1.29, 1.82) is 0 Å². The third-order valence-electron chi connectivity index (χ3n) is 3.60. The van der Waals surface area contributed by atoms with E-state index in [2.05, 4.69) is 20.3 Å². The maximum absolute atomic E-state index is 12.1. The first-order chi connectivity index (χ1) is 12.5. The summed E-state index contributed by atoms with van der Waals surface area (Å²) in [6, 6.07) is 16.9. The lowest BCUT2D eigenvalue weighted by Gasteiger charge is -2.12. The lowest BCUT2D eigenvalue weighted by molar-refractivity contribution is 0.580. The van der Waals surface area contributed by atoms with E-state index < -0.39 is 10.0 Å². The van der Waals surface area contributed by atoms with E-state index in [9.17, 15) is 8.42 Å². The Balaban J connectivity index is 0.00000364. The van der Waals surface area contributed by atoms with Gasteiger partial charge in [0.05, 0.1) is 5.75 Å². The molecule has 148 valence electrons. The van der Waals surface area contributed by atoms with Crippen LogP contribution in [0.1, 0.15) is 11.1 Å². The molecular formula is C18H24ClIN4O2S. The molecule has 2 rings (SSSR count). The Bertz CT molecular complexity index is 815. The number of sulfonamides is 1. The predicted octanol–water partition coefficient (Wildman–Crippen LogP) is 2.74. The third-order valence-corrected chi connectivity index (χ3v) is 5.18. The molecule has 0 aliphatic carbocycles. The normalized spacial score (nSPS) is 11.6. The number of aliphatic imine (C=N–C) groups is 1. The summed E-state index contributed by atoms with van der Waals surface area (Å²) in [5.41, 5.74) is 1.97. The zero-order valence-electron chi connectivity index (χ0n) is 15.0. The van der Waals surface area contributed by atoms with E-state index >= 15 is 0 Å². The standard InChI is InChI=1S/C18H23ClN4O2S.HI/c1-20-18(22-13-16-7-9-17(19)10-8-16)21-11-12-26(24,25)23-14-15-5-3-2-4-6-15;/h2-10,23H,11-14H2,1H3,(H2,20,21,22);1H. The number of guanidine groups is 1. The van der Waals surface area contributed by atoms with Crippen LogP contribution in [0.2, 0.25) is 5.02 Å². The molecular weight excluding hydrogens is 499 g/mol. The number of rotatable bonds is 8. The molecule has 0 amide bonds. The monoisotopic (exact) mass is 522 g/mol. The second-order valence-corrected chi connectivity index (χ2v) is 7.97. The Kier molecular flexibility index (Phi) is 10.7. The molecule has 0 radical (unpaired) electrons. The molecule has 6 nitrogen and oxygen atoms in total. The quantitative estimate of drug-likeness (QED) is 0.283. The van der Waals surface area contributed by atoms with Gasteiger partial charge < -0.3 is 10.6 Å². The van der Waals surface area contributed by atoms with Gasteiger partial charge in [0, 0.05) is 31.7 Å². The summed E-state index contributed by atoms with van der Waals surface area (Å²) in [6.45, 7) is 1.10. The fraction of sp³-hybridized carbons (Fsp3) is 0.278. The number of nitrogens with zero attached hydrogens (tertiary/aromatic N) is 1. The highest BCUT2D eigenvalue weighted by atomic mass is 127. The first-order valence-electron chi connectivity index (χ1n) is 8.19. The first kappa shape index (κ1) is 23.7. The van der Waals surface area contributed by atoms with Crippen molar-refractivity contribution in [1.82, 2.24) is 15.4 Å². The Labute approximate surface area is 182 Å². The molecule has 2 aromatic rings. The molecule has 9 heteroatoms. The van der Waals surface area contributed by atoms with Crippen molar-refractivity contribution >= 4 is 51.6 Å². The number of halogens is 2. The van der Waals surface area contributed by atoms with E-state index in [-0.39, 0.29) is 42.8 Å². The van der Waals surface area contributed by atoms with Crippen LogP contribution in [0.15, 0.2) is 59.6 Å². The molecule has 0 aromatic heterocycles. The first-order valence-corrected chi connectivity index (χ1v) is 10.2. The third kappa shape index (κ3) is 9.41. The molecule has 0 heterocycles. The van der Waals surface area contributed by atoms with E-state index in [1.807, 2.05) is 54.6 Å². The lowest BCUT2D eigenvalue weighted by atomic mass is 10.2. The van der Waals surface area contributed by atoms with Crippen LogP contribution in [-0.4, -0.2) is 33.7 Å². The lowest BCUT2D eigenvalue weighted by Crippen LogP contribution is -2.40. The van der Waals surface area contributed by atoms with Crippen LogP contribution in [0.5, 0.6) is 0 Å². The van der Waals surface area contributed by atoms with Gasteiger partial charge in [0.2, 0.25) is 10.0 Å². The van der Waals surface area contributed by atoms with Crippen molar-refractivity contribution in [2.75, 3.05) is 19.3 Å². The van der Waals surface area contributed by atoms with Crippen LogP contribution in [0.25, 0.3) is 0 Å². The molecule has 0 fully saturated rings. The largest absolute Gasteiger partial charge is 0.355 e. The average molecular weight is 523 g/mol. The molecule has 0 bridgehead atoms. The Hall–Kier alpha value is -1.36. The SMILES string of the molecule is CN=C(NCCS(=O)(=O)NCc1ccccc1)NCc1ccc(Cl)cc1.I. The maximum atomic E-state index is 12.1. The van der Waals surface area contributed by atoms with Crippen molar-refractivity contribution < 1.29 is 8.42 Å². The Morgan fingerprint density at radius 2 is 1.59 bits per heavy atom.